The molecule has 0 saturated carbocycles. The van der Waals surface area contributed by atoms with E-state index in [0.717, 1.165) is 23.9 Å². The molecule has 1 N–H and O–H groups in total. The molecule has 0 spiro atoms. The molecule has 0 amide bonds. The summed E-state index contributed by atoms with van der Waals surface area (Å²) < 4.78 is 2.10. The van der Waals surface area contributed by atoms with Crippen molar-refractivity contribution in [3.63, 3.8) is 0 Å². The summed E-state index contributed by atoms with van der Waals surface area (Å²) in [6.45, 7) is 3.49. The van der Waals surface area contributed by atoms with E-state index < -0.39 is 0 Å². The van der Waals surface area contributed by atoms with Gasteiger partial charge in [-0.3, -0.25) is 4.40 Å². The number of aromatic nitrogens is 2. The van der Waals surface area contributed by atoms with Gasteiger partial charge in [0.1, 0.15) is 11.5 Å². The third kappa shape index (κ3) is 2.34. The predicted octanol–water partition coefficient (Wildman–Crippen LogP) is 2.09. The van der Waals surface area contributed by atoms with E-state index in [1.807, 2.05) is 18.5 Å². The lowest BCUT2D eigenvalue weighted by atomic mass is 9.98. The van der Waals surface area contributed by atoms with E-state index in [4.69, 9.17) is 0 Å². The number of anilines is 1. The van der Waals surface area contributed by atoms with Gasteiger partial charge in [-0.1, -0.05) is 6.07 Å². The molecule has 18 heavy (non-hydrogen) atoms. The number of nitrogens with one attached hydrogen (secondary N) is 1. The fraction of sp³-hybridized carbons (Fsp3) is 0.500. The molecule has 1 fully saturated rings. The Morgan fingerprint density at radius 2 is 2.39 bits per heavy atom. The third-order valence-electron chi connectivity index (χ3n) is 3.72. The van der Waals surface area contributed by atoms with Gasteiger partial charge >= 0.3 is 0 Å². The molecule has 0 radical (unpaired) electrons. The van der Waals surface area contributed by atoms with Crippen LogP contribution in [-0.4, -0.2) is 41.0 Å². The lowest BCUT2D eigenvalue weighted by Gasteiger charge is -2.30. The number of imidazole rings is 1. The number of likely N-dealkylation sites (tertiary alicyclic amines) is 1. The van der Waals surface area contributed by atoms with E-state index in [-0.39, 0.29) is 0 Å². The van der Waals surface area contributed by atoms with Crippen molar-refractivity contribution in [2.45, 2.75) is 12.8 Å². The number of rotatable bonds is 3. The van der Waals surface area contributed by atoms with Crippen molar-refractivity contribution in [2.75, 3.05) is 32.0 Å². The molecule has 0 aromatic carbocycles. The van der Waals surface area contributed by atoms with Crippen molar-refractivity contribution in [1.82, 2.24) is 14.3 Å². The summed E-state index contributed by atoms with van der Waals surface area (Å²) in [4.78, 5) is 6.73. The first-order chi connectivity index (χ1) is 8.83. The second-order valence-corrected chi connectivity index (χ2v) is 5.22. The molecule has 2 aromatic heterocycles. The Hall–Kier alpha value is -1.55. The van der Waals surface area contributed by atoms with E-state index in [0.29, 0.717) is 0 Å². The molecule has 1 aliphatic rings. The van der Waals surface area contributed by atoms with Gasteiger partial charge in [-0.15, -0.1) is 0 Å². The SMILES string of the molecule is CN1CCCC(CNc2cccc3nccn23)C1. The van der Waals surface area contributed by atoms with Gasteiger partial charge in [0.2, 0.25) is 0 Å². The fourth-order valence-corrected chi connectivity index (χ4v) is 2.78. The summed E-state index contributed by atoms with van der Waals surface area (Å²) in [7, 11) is 2.21. The van der Waals surface area contributed by atoms with Crippen LogP contribution in [0.4, 0.5) is 5.82 Å². The van der Waals surface area contributed by atoms with E-state index in [1.165, 1.54) is 25.9 Å². The Morgan fingerprint density at radius 1 is 1.44 bits per heavy atom. The molecule has 4 heteroatoms. The van der Waals surface area contributed by atoms with Crippen LogP contribution in [0, 0.1) is 5.92 Å². The van der Waals surface area contributed by atoms with Gasteiger partial charge in [-0.05, 0) is 44.5 Å². The van der Waals surface area contributed by atoms with Crippen LogP contribution in [0.25, 0.3) is 5.65 Å². The molecule has 1 unspecified atom stereocenters. The highest BCUT2D eigenvalue weighted by Crippen LogP contribution is 2.17. The quantitative estimate of drug-likeness (QED) is 0.897. The number of nitrogens with zero attached hydrogens (tertiary/aromatic N) is 3. The Labute approximate surface area is 108 Å². The lowest BCUT2D eigenvalue weighted by Crippen LogP contribution is -2.35. The van der Waals surface area contributed by atoms with E-state index in [2.05, 4.69) is 38.8 Å². The van der Waals surface area contributed by atoms with Gasteiger partial charge in [-0.25, -0.2) is 4.98 Å². The average molecular weight is 244 g/mol. The van der Waals surface area contributed by atoms with Crippen LogP contribution in [0.5, 0.6) is 0 Å². The van der Waals surface area contributed by atoms with Crippen molar-refractivity contribution in [3.05, 3.63) is 30.6 Å². The standard InChI is InChI=1S/C14H20N4/c1-17-8-3-4-12(11-17)10-16-14-6-2-5-13-15-7-9-18(13)14/h2,5-7,9,12,16H,3-4,8,10-11H2,1H3. The maximum Gasteiger partial charge on any atom is 0.138 e. The largest absolute Gasteiger partial charge is 0.371 e. The summed E-state index contributed by atoms with van der Waals surface area (Å²) >= 11 is 0. The molecule has 3 heterocycles. The first-order valence-corrected chi connectivity index (χ1v) is 6.67. The third-order valence-corrected chi connectivity index (χ3v) is 3.72. The second-order valence-electron chi connectivity index (χ2n) is 5.22. The molecular formula is C14H20N4. The number of hydrogen-bond donors (Lipinski definition) is 1. The van der Waals surface area contributed by atoms with Crippen molar-refractivity contribution >= 4 is 11.5 Å². The number of fused-ring (bicyclic) bond motifs is 1. The zero-order valence-corrected chi connectivity index (χ0v) is 10.8. The molecule has 1 saturated heterocycles. The second kappa shape index (κ2) is 4.98. The maximum absolute atomic E-state index is 4.30. The maximum atomic E-state index is 4.30. The predicted molar refractivity (Wildman–Crippen MR) is 73.9 cm³/mol. The highest BCUT2D eigenvalue weighted by atomic mass is 15.1. The molecular weight excluding hydrogens is 224 g/mol. The van der Waals surface area contributed by atoms with E-state index in [1.54, 1.807) is 0 Å². The van der Waals surface area contributed by atoms with Crippen molar-refractivity contribution in [3.8, 4) is 0 Å². The van der Waals surface area contributed by atoms with Gasteiger partial charge < -0.3 is 10.2 Å². The first-order valence-electron chi connectivity index (χ1n) is 6.67. The minimum Gasteiger partial charge on any atom is -0.371 e. The normalized spacial score (nSPS) is 21.3. The van der Waals surface area contributed by atoms with Crippen LogP contribution < -0.4 is 5.32 Å². The first kappa shape index (κ1) is 11.5. The molecule has 96 valence electrons. The highest BCUT2D eigenvalue weighted by molar-refractivity contribution is 5.49. The number of pyridine rings is 1. The van der Waals surface area contributed by atoms with Crippen LogP contribution >= 0.6 is 0 Å². The van der Waals surface area contributed by atoms with Crippen LogP contribution in [0.15, 0.2) is 30.6 Å². The van der Waals surface area contributed by atoms with Gasteiger partial charge in [0.05, 0.1) is 0 Å². The zero-order chi connectivity index (χ0) is 12.4. The average Bonchev–Trinajstić information content (AvgIpc) is 2.85. The number of piperidine rings is 1. The van der Waals surface area contributed by atoms with Crippen molar-refractivity contribution < 1.29 is 0 Å². The Kier molecular flexibility index (Phi) is 3.19. The number of hydrogen-bond acceptors (Lipinski definition) is 3. The Balaban J connectivity index is 1.67. The molecule has 3 rings (SSSR count). The zero-order valence-electron chi connectivity index (χ0n) is 10.8. The monoisotopic (exact) mass is 244 g/mol. The van der Waals surface area contributed by atoms with Gasteiger partial charge in [0.15, 0.2) is 0 Å². The van der Waals surface area contributed by atoms with E-state index in [9.17, 15) is 0 Å². The summed E-state index contributed by atoms with van der Waals surface area (Å²) in [6, 6.07) is 6.19. The lowest BCUT2D eigenvalue weighted by molar-refractivity contribution is 0.217. The van der Waals surface area contributed by atoms with Crippen LogP contribution in [-0.2, 0) is 0 Å². The Bertz CT molecular complexity index is 519. The van der Waals surface area contributed by atoms with Gasteiger partial charge in [0, 0.05) is 25.5 Å². The minimum atomic E-state index is 0.752. The summed E-state index contributed by atoms with van der Waals surface area (Å²) in [5, 5.41) is 3.56. The highest BCUT2D eigenvalue weighted by Gasteiger charge is 2.16. The van der Waals surface area contributed by atoms with Crippen LogP contribution in [0.3, 0.4) is 0 Å². The smallest absolute Gasteiger partial charge is 0.138 e. The molecule has 0 aliphatic carbocycles. The van der Waals surface area contributed by atoms with Gasteiger partial charge in [-0.2, -0.15) is 0 Å². The molecule has 1 aliphatic heterocycles. The summed E-state index contributed by atoms with van der Waals surface area (Å²) in [5.74, 6) is 1.89. The van der Waals surface area contributed by atoms with Crippen molar-refractivity contribution in [2.24, 2.45) is 5.92 Å². The topological polar surface area (TPSA) is 32.6 Å². The Morgan fingerprint density at radius 3 is 3.28 bits per heavy atom. The minimum absolute atomic E-state index is 0.752. The molecule has 0 bridgehead atoms. The fourth-order valence-electron chi connectivity index (χ4n) is 2.78. The van der Waals surface area contributed by atoms with Crippen LogP contribution in [0.1, 0.15) is 12.8 Å². The summed E-state index contributed by atoms with van der Waals surface area (Å²) in [6.07, 6.45) is 6.49. The van der Waals surface area contributed by atoms with E-state index >= 15 is 0 Å². The van der Waals surface area contributed by atoms with Crippen LogP contribution in [0.2, 0.25) is 0 Å². The molecule has 4 nitrogen and oxygen atoms in total. The molecule has 2 aromatic rings. The summed E-state index contributed by atoms with van der Waals surface area (Å²) in [5.41, 5.74) is 1.00. The molecule has 1 atom stereocenters. The van der Waals surface area contributed by atoms with Gasteiger partial charge in [0.25, 0.3) is 0 Å². The van der Waals surface area contributed by atoms with Crippen molar-refractivity contribution in [1.29, 1.82) is 0 Å².